The van der Waals surface area contributed by atoms with E-state index in [-0.39, 0.29) is 17.2 Å². The van der Waals surface area contributed by atoms with Crippen LogP contribution >= 0.6 is 11.6 Å². The molecule has 0 heterocycles. The van der Waals surface area contributed by atoms with Gasteiger partial charge in [-0.25, -0.2) is 12.8 Å². The van der Waals surface area contributed by atoms with Crippen LogP contribution in [0.1, 0.15) is 5.56 Å². The molecule has 13 heavy (non-hydrogen) atoms. The maximum atomic E-state index is 13.1. The molecule has 0 atom stereocenters. The molecule has 0 unspecified atom stereocenters. The van der Waals surface area contributed by atoms with Crippen LogP contribution < -0.4 is 0 Å². The molecule has 0 N–H and O–H groups in total. The van der Waals surface area contributed by atoms with Gasteiger partial charge in [-0.3, -0.25) is 0 Å². The van der Waals surface area contributed by atoms with Gasteiger partial charge in [-0.1, -0.05) is 23.7 Å². The third-order valence-electron chi connectivity index (χ3n) is 1.60. The summed E-state index contributed by atoms with van der Waals surface area (Å²) in [6.07, 6.45) is 0.172. The quantitative estimate of drug-likeness (QED) is 0.789. The number of thiol groups is 1. The van der Waals surface area contributed by atoms with E-state index in [1.807, 2.05) is 0 Å². The first kappa shape index (κ1) is 10.5. The highest BCUT2D eigenvalue weighted by Gasteiger charge is 2.05. The van der Waals surface area contributed by atoms with E-state index in [4.69, 9.17) is 11.6 Å². The molecule has 0 amide bonds. The van der Waals surface area contributed by atoms with Crippen molar-refractivity contribution < 1.29 is 12.8 Å². The molecule has 2 nitrogen and oxygen atoms in total. The molecule has 0 radical (unpaired) electrons. The van der Waals surface area contributed by atoms with Gasteiger partial charge in [0.15, 0.2) is 0 Å². The first-order valence-corrected chi connectivity index (χ1v) is 5.40. The van der Waals surface area contributed by atoms with Crippen LogP contribution in [0.4, 0.5) is 4.39 Å². The van der Waals surface area contributed by atoms with Crippen LogP contribution in [-0.4, -0.2) is 14.2 Å². The van der Waals surface area contributed by atoms with Crippen molar-refractivity contribution in [1.29, 1.82) is 0 Å². The molecule has 0 saturated carbocycles. The zero-order valence-electron chi connectivity index (χ0n) is 6.67. The van der Waals surface area contributed by atoms with Crippen LogP contribution in [0.25, 0.3) is 0 Å². The zero-order chi connectivity index (χ0) is 9.84. The minimum Gasteiger partial charge on any atom is -0.232 e. The average Bonchev–Trinajstić information content (AvgIpc) is 2.07. The second-order valence-corrected chi connectivity index (χ2v) is 4.04. The van der Waals surface area contributed by atoms with Gasteiger partial charge >= 0.3 is 0 Å². The van der Waals surface area contributed by atoms with Gasteiger partial charge in [0.1, 0.15) is 16.5 Å². The van der Waals surface area contributed by atoms with Gasteiger partial charge in [0.05, 0.1) is 10.8 Å². The molecule has 0 aliphatic carbocycles. The normalized spacial score (nSPS) is 10.7. The standard InChI is InChI=1S/C8H8ClFO2S/c9-7-3-1-2-6(8(7)10)4-5-13(11)12/h1-3,13H,4-5H2. The summed E-state index contributed by atoms with van der Waals surface area (Å²) in [5.74, 6) is -0.576. The Morgan fingerprint density at radius 3 is 2.69 bits per heavy atom. The van der Waals surface area contributed by atoms with Crippen molar-refractivity contribution in [3.8, 4) is 0 Å². The highest BCUT2D eigenvalue weighted by molar-refractivity contribution is 7.72. The molecular weight excluding hydrogens is 215 g/mol. The van der Waals surface area contributed by atoms with E-state index in [1.54, 1.807) is 6.07 Å². The van der Waals surface area contributed by atoms with Crippen LogP contribution in [-0.2, 0) is 17.1 Å². The van der Waals surface area contributed by atoms with Gasteiger partial charge in [-0.05, 0) is 18.1 Å². The van der Waals surface area contributed by atoms with Gasteiger partial charge in [0.25, 0.3) is 0 Å². The summed E-state index contributed by atoms with van der Waals surface area (Å²) in [7, 11) is -2.46. The number of rotatable bonds is 3. The summed E-state index contributed by atoms with van der Waals surface area (Å²) in [4.78, 5) is 0. The number of hydrogen-bond donors (Lipinski definition) is 1. The van der Waals surface area contributed by atoms with Crippen LogP contribution in [0, 0.1) is 5.82 Å². The lowest BCUT2D eigenvalue weighted by Gasteiger charge is -2.00. The van der Waals surface area contributed by atoms with Gasteiger partial charge < -0.3 is 0 Å². The largest absolute Gasteiger partial charge is 0.232 e. The third kappa shape index (κ3) is 2.97. The molecule has 1 rings (SSSR count). The Morgan fingerprint density at radius 1 is 1.38 bits per heavy atom. The van der Waals surface area contributed by atoms with E-state index in [0.717, 1.165) is 0 Å². The van der Waals surface area contributed by atoms with Gasteiger partial charge in [0, 0.05) is 0 Å². The van der Waals surface area contributed by atoms with Crippen molar-refractivity contribution in [2.45, 2.75) is 6.42 Å². The van der Waals surface area contributed by atoms with E-state index >= 15 is 0 Å². The van der Waals surface area contributed by atoms with E-state index in [1.165, 1.54) is 12.1 Å². The minimum absolute atomic E-state index is 0.0265. The molecular formula is C8H8ClFO2S. The van der Waals surface area contributed by atoms with Crippen LogP contribution in [0.3, 0.4) is 0 Å². The van der Waals surface area contributed by atoms with Crippen LogP contribution in [0.5, 0.6) is 0 Å². The molecule has 72 valence electrons. The monoisotopic (exact) mass is 222 g/mol. The number of hydrogen-bond acceptors (Lipinski definition) is 2. The molecule has 0 bridgehead atoms. The second kappa shape index (κ2) is 4.58. The van der Waals surface area contributed by atoms with Crippen molar-refractivity contribution in [2.75, 3.05) is 5.75 Å². The molecule has 0 saturated heterocycles. The van der Waals surface area contributed by atoms with Gasteiger partial charge in [-0.2, -0.15) is 0 Å². The summed E-state index contributed by atoms with van der Waals surface area (Å²) in [6.45, 7) is 0. The Labute approximate surface area is 82.3 Å². The maximum Gasteiger partial charge on any atom is 0.144 e. The second-order valence-electron chi connectivity index (χ2n) is 2.52. The Kier molecular flexibility index (Phi) is 3.69. The fourth-order valence-electron chi connectivity index (χ4n) is 0.953. The first-order valence-electron chi connectivity index (χ1n) is 3.66. The predicted molar refractivity (Wildman–Crippen MR) is 50.3 cm³/mol. The number of aryl methyl sites for hydroxylation is 1. The third-order valence-corrected chi connectivity index (χ3v) is 2.48. The summed E-state index contributed by atoms with van der Waals surface area (Å²) in [5.41, 5.74) is 0.340. The van der Waals surface area contributed by atoms with E-state index < -0.39 is 16.5 Å². The smallest absolute Gasteiger partial charge is 0.144 e. The lowest BCUT2D eigenvalue weighted by molar-refractivity contribution is 0.605. The molecule has 0 spiro atoms. The summed E-state index contributed by atoms with van der Waals surface area (Å²) in [5, 5.41) is 0.0265. The van der Waals surface area contributed by atoms with Crippen LogP contribution in [0.15, 0.2) is 18.2 Å². The lowest BCUT2D eigenvalue weighted by atomic mass is 10.1. The molecule has 1 aromatic rings. The maximum absolute atomic E-state index is 13.1. The Morgan fingerprint density at radius 2 is 2.08 bits per heavy atom. The van der Waals surface area contributed by atoms with Gasteiger partial charge in [-0.15, -0.1) is 0 Å². The van der Waals surface area contributed by atoms with E-state index in [2.05, 4.69) is 0 Å². The topological polar surface area (TPSA) is 34.1 Å². The molecule has 0 aromatic heterocycles. The fraction of sp³-hybridized carbons (Fsp3) is 0.250. The van der Waals surface area contributed by atoms with Crippen molar-refractivity contribution in [3.63, 3.8) is 0 Å². The van der Waals surface area contributed by atoms with E-state index in [9.17, 15) is 12.8 Å². The Hall–Kier alpha value is -0.610. The predicted octanol–water partition coefficient (Wildman–Crippen LogP) is 1.63. The molecule has 0 aliphatic rings. The Balaban J connectivity index is 2.83. The van der Waals surface area contributed by atoms with Crippen molar-refractivity contribution in [1.82, 2.24) is 0 Å². The summed E-state index contributed by atoms with van der Waals surface area (Å²) >= 11 is 5.50. The molecule has 1 aromatic carbocycles. The van der Waals surface area contributed by atoms with Crippen LogP contribution in [0.2, 0.25) is 5.02 Å². The summed E-state index contributed by atoms with van der Waals surface area (Å²) in [6, 6.07) is 4.55. The SMILES string of the molecule is O=[SH](=O)CCc1cccc(Cl)c1F. The van der Waals surface area contributed by atoms with Gasteiger partial charge in [0.2, 0.25) is 0 Å². The summed E-state index contributed by atoms with van der Waals surface area (Å²) < 4.78 is 33.6. The molecule has 0 aliphatic heterocycles. The van der Waals surface area contributed by atoms with Crippen molar-refractivity contribution in [2.24, 2.45) is 0 Å². The average molecular weight is 223 g/mol. The number of benzene rings is 1. The first-order chi connectivity index (χ1) is 6.11. The lowest BCUT2D eigenvalue weighted by Crippen LogP contribution is -1.97. The zero-order valence-corrected chi connectivity index (χ0v) is 8.32. The molecule has 5 heteroatoms. The number of halogens is 2. The fourth-order valence-corrected chi connectivity index (χ4v) is 1.57. The van der Waals surface area contributed by atoms with Crippen molar-refractivity contribution in [3.05, 3.63) is 34.6 Å². The minimum atomic E-state index is -2.46. The highest BCUT2D eigenvalue weighted by Crippen LogP contribution is 2.17. The highest BCUT2D eigenvalue weighted by atomic mass is 35.5. The van der Waals surface area contributed by atoms with E-state index in [0.29, 0.717) is 5.56 Å². The van der Waals surface area contributed by atoms with Crippen molar-refractivity contribution >= 4 is 22.3 Å². The Bertz CT molecular complexity index is 368. The molecule has 0 fully saturated rings.